The van der Waals surface area contributed by atoms with E-state index in [0.29, 0.717) is 0 Å². The highest BCUT2D eigenvalue weighted by atomic mass is 35.5. The van der Waals surface area contributed by atoms with E-state index in [0.717, 1.165) is 43.7 Å². The summed E-state index contributed by atoms with van der Waals surface area (Å²) in [5.74, 6) is 0. The lowest BCUT2D eigenvalue weighted by Gasteiger charge is -2.31. The molecular weight excluding hydrogens is 385 g/mol. The normalized spacial score (nSPS) is 12.7. The second-order valence-electron chi connectivity index (χ2n) is 6.26. The molecule has 0 unspecified atom stereocenters. The van der Waals surface area contributed by atoms with Gasteiger partial charge in [-0.2, -0.15) is 0 Å². The van der Waals surface area contributed by atoms with Crippen molar-refractivity contribution in [3.63, 3.8) is 0 Å². The van der Waals surface area contributed by atoms with Gasteiger partial charge < -0.3 is 10.6 Å². The van der Waals surface area contributed by atoms with Gasteiger partial charge in [0, 0.05) is 29.7 Å². The fraction of sp³-hybridized carbons (Fsp3) is 0.250. The molecule has 2 heterocycles. The van der Waals surface area contributed by atoms with Crippen LogP contribution in [0, 0.1) is 0 Å². The van der Waals surface area contributed by atoms with Crippen LogP contribution in [-0.2, 0) is 19.4 Å². The molecule has 0 amide bonds. The quantitative estimate of drug-likeness (QED) is 0.610. The van der Waals surface area contributed by atoms with Crippen molar-refractivity contribution < 1.29 is 0 Å². The number of nitrogen functional groups attached to an aromatic ring is 1. The monoisotopic (exact) mass is 407 g/mol. The topological polar surface area (TPSA) is 42.1 Å². The van der Waals surface area contributed by atoms with Crippen molar-refractivity contribution in [2.75, 3.05) is 17.2 Å². The Morgan fingerprint density at radius 2 is 1.85 bits per heavy atom. The number of aromatic nitrogens is 1. The molecule has 1 aliphatic heterocycles. The first kappa shape index (κ1) is 20.6. The van der Waals surface area contributed by atoms with E-state index in [1.165, 1.54) is 21.8 Å². The molecule has 0 fully saturated rings. The van der Waals surface area contributed by atoms with Gasteiger partial charge in [0.2, 0.25) is 0 Å². The molecule has 0 aliphatic carbocycles. The highest BCUT2D eigenvalue weighted by molar-refractivity contribution is 7.09. The molecule has 2 N–H and O–H groups in total. The second kappa shape index (κ2) is 9.26. The fourth-order valence-corrected chi connectivity index (χ4v) is 4.18. The standard InChI is InChI=1S/C20H21N3S.2ClH/c21-18-9-4-10-19-17(18)8-5-11-23(19)13-16-14-24-20(22-16)12-15-6-2-1-3-7-15;;/h1-4,6-7,9-10,14H,5,8,11-13,21H2;2*1H. The minimum absolute atomic E-state index is 0. The predicted molar refractivity (Wildman–Crippen MR) is 116 cm³/mol. The Morgan fingerprint density at radius 1 is 1.04 bits per heavy atom. The maximum absolute atomic E-state index is 6.15. The zero-order chi connectivity index (χ0) is 16.4. The van der Waals surface area contributed by atoms with Crippen molar-refractivity contribution >= 4 is 47.5 Å². The van der Waals surface area contributed by atoms with Gasteiger partial charge in [0.05, 0.1) is 17.2 Å². The maximum atomic E-state index is 6.15. The molecule has 3 nitrogen and oxygen atoms in total. The molecule has 0 atom stereocenters. The van der Waals surface area contributed by atoms with E-state index in [1.54, 1.807) is 11.3 Å². The summed E-state index contributed by atoms with van der Waals surface area (Å²) in [4.78, 5) is 7.25. The number of thiazole rings is 1. The molecule has 6 heteroatoms. The van der Waals surface area contributed by atoms with Gasteiger partial charge in [-0.05, 0) is 36.1 Å². The van der Waals surface area contributed by atoms with Gasteiger partial charge in [-0.15, -0.1) is 36.2 Å². The van der Waals surface area contributed by atoms with Gasteiger partial charge in [-0.3, -0.25) is 0 Å². The summed E-state index contributed by atoms with van der Waals surface area (Å²) in [6.07, 6.45) is 3.14. The summed E-state index contributed by atoms with van der Waals surface area (Å²) in [5, 5.41) is 3.37. The maximum Gasteiger partial charge on any atom is 0.0973 e. The van der Waals surface area contributed by atoms with Crippen LogP contribution in [0.2, 0.25) is 0 Å². The fourth-order valence-electron chi connectivity index (χ4n) is 3.36. The van der Waals surface area contributed by atoms with Crippen molar-refractivity contribution in [3.05, 3.63) is 75.7 Å². The molecule has 3 aromatic rings. The summed E-state index contributed by atoms with van der Waals surface area (Å²) in [5.41, 5.74) is 12.1. The summed E-state index contributed by atoms with van der Waals surface area (Å²) in [6, 6.07) is 16.8. The van der Waals surface area contributed by atoms with Crippen LogP contribution in [-0.4, -0.2) is 11.5 Å². The lowest BCUT2D eigenvalue weighted by molar-refractivity contribution is 0.686. The number of nitrogens with zero attached hydrogens (tertiary/aromatic N) is 2. The van der Waals surface area contributed by atoms with Crippen LogP contribution in [0.15, 0.2) is 53.9 Å². The van der Waals surface area contributed by atoms with Crippen molar-refractivity contribution in [2.24, 2.45) is 0 Å². The molecule has 0 radical (unpaired) electrons. The van der Waals surface area contributed by atoms with Crippen molar-refractivity contribution in [2.45, 2.75) is 25.8 Å². The predicted octanol–water partition coefficient (Wildman–Crippen LogP) is 5.11. The average Bonchev–Trinajstić information content (AvgIpc) is 3.04. The number of benzene rings is 2. The molecule has 2 aromatic carbocycles. The van der Waals surface area contributed by atoms with Gasteiger partial charge in [-0.25, -0.2) is 4.98 Å². The molecule has 138 valence electrons. The number of hydrogen-bond acceptors (Lipinski definition) is 4. The van der Waals surface area contributed by atoms with Crippen LogP contribution in [0.1, 0.15) is 28.2 Å². The number of anilines is 2. The van der Waals surface area contributed by atoms with Gasteiger partial charge in [0.15, 0.2) is 0 Å². The number of rotatable bonds is 4. The first-order chi connectivity index (χ1) is 11.8. The van der Waals surface area contributed by atoms with E-state index < -0.39 is 0 Å². The number of halogens is 2. The van der Waals surface area contributed by atoms with E-state index in [-0.39, 0.29) is 24.8 Å². The highest BCUT2D eigenvalue weighted by Gasteiger charge is 2.19. The third-order valence-corrected chi connectivity index (χ3v) is 5.43. The van der Waals surface area contributed by atoms with Gasteiger partial charge in [0.25, 0.3) is 0 Å². The smallest absolute Gasteiger partial charge is 0.0973 e. The second-order valence-corrected chi connectivity index (χ2v) is 7.21. The van der Waals surface area contributed by atoms with Crippen LogP contribution >= 0.6 is 36.2 Å². The zero-order valence-corrected chi connectivity index (χ0v) is 16.9. The Morgan fingerprint density at radius 3 is 2.65 bits per heavy atom. The minimum atomic E-state index is 0. The Bertz CT molecular complexity index is 836. The largest absolute Gasteiger partial charge is 0.398 e. The molecule has 4 rings (SSSR count). The van der Waals surface area contributed by atoms with Gasteiger partial charge in [0.1, 0.15) is 0 Å². The zero-order valence-electron chi connectivity index (χ0n) is 14.4. The van der Waals surface area contributed by atoms with E-state index in [9.17, 15) is 0 Å². The Hall–Kier alpha value is -1.75. The van der Waals surface area contributed by atoms with Crippen molar-refractivity contribution in [1.29, 1.82) is 0 Å². The average molecular weight is 408 g/mol. The highest BCUT2D eigenvalue weighted by Crippen LogP contribution is 2.32. The van der Waals surface area contributed by atoms with E-state index in [2.05, 4.69) is 46.7 Å². The summed E-state index contributed by atoms with van der Waals surface area (Å²) in [6.45, 7) is 1.93. The summed E-state index contributed by atoms with van der Waals surface area (Å²) < 4.78 is 0. The van der Waals surface area contributed by atoms with Crippen LogP contribution in [0.4, 0.5) is 11.4 Å². The molecule has 0 saturated carbocycles. The minimum Gasteiger partial charge on any atom is -0.398 e. The van der Waals surface area contributed by atoms with Crippen LogP contribution < -0.4 is 10.6 Å². The van der Waals surface area contributed by atoms with E-state index in [1.807, 2.05) is 12.1 Å². The van der Waals surface area contributed by atoms with Crippen molar-refractivity contribution in [3.8, 4) is 0 Å². The van der Waals surface area contributed by atoms with Crippen molar-refractivity contribution in [1.82, 2.24) is 4.98 Å². The molecule has 0 bridgehead atoms. The van der Waals surface area contributed by atoms with Crippen LogP contribution in [0.3, 0.4) is 0 Å². The van der Waals surface area contributed by atoms with E-state index >= 15 is 0 Å². The van der Waals surface area contributed by atoms with Crippen LogP contribution in [0.25, 0.3) is 0 Å². The lowest BCUT2D eigenvalue weighted by Crippen LogP contribution is -2.29. The molecule has 26 heavy (non-hydrogen) atoms. The molecule has 1 aromatic heterocycles. The van der Waals surface area contributed by atoms with Crippen LogP contribution in [0.5, 0.6) is 0 Å². The molecule has 0 spiro atoms. The Balaban J connectivity index is 0.00000121. The Labute approximate surface area is 171 Å². The summed E-state index contributed by atoms with van der Waals surface area (Å²) in [7, 11) is 0. The lowest BCUT2D eigenvalue weighted by atomic mass is 10.00. The van der Waals surface area contributed by atoms with Gasteiger partial charge >= 0.3 is 0 Å². The third-order valence-electron chi connectivity index (χ3n) is 4.53. The third kappa shape index (κ3) is 4.50. The molecule has 1 aliphatic rings. The first-order valence-corrected chi connectivity index (χ1v) is 9.27. The number of nitrogens with two attached hydrogens (primary N) is 1. The molecular formula is C20H23Cl2N3S. The SMILES string of the molecule is Cl.Cl.Nc1cccc2c1CCCN2Cc1csc(Cc2ccccc2)n1. The van der Waals surface area contributed by atoms with Gasteiger partial charge in [-0.1, -0.05) is 36.4 Å². The van der Waals surface area contributed by atoms with E-state index in [4.69, 9.17) is 10.7 Å². The first-order valence-electron chi connectivity index (χ1n) is 8.39. The number of hydrogen-bond donors (Lipinski definition) is 1. The summed E-state index contributed by atoms with van der Waals surface area (Å²) >= 11 is 1.75. The Kier molecular flexibility index (Phi) is 7.33. The molecule has 0 saturated heterocycles. The number of fused-ring (bicyclic) bond motifs is 1.